The fraction of sp³-hybridized carbons (Fsp3) is 0.333. The van der Waals surface area contributed by atoms with Gasteiger partial charge in [0.05, 0.1) is 11.6 Å². The molecule has 1 aliphatic heterocycles. The number of carbonyl (C=O) groups is 2. The van der Waals surface area contributed by atoms with Gasteiger partial charge in [-0.05, 0) is 30.3 Å². The first-order valence-electron chi connectivity index (χ1n) is 9.44. The van der Waals surface area contributed by atoms with Gasteiger partial charge in [-0.3, -0.25) is 14.5 Å². The number of benzene rings is 2. The molecule has 0 saturated carbocycles. The molecule has 0 bridgehead atoms. The summed E-state index contributed by atoms with van der Waals surface area (Å²) in [5.74, 6) is 0.361. The summed E-state index contributed by atoms with van der Waals surface area (Å²) >= 11 is 9.42. The molecule has 2 amide bonds. The molecule has 1 saturated heterocycles. The van der Waals surface area contributed by atoms with Crippen LogP contribution >= 0.6 is 27.5 Å². The van der Waals surface area contributed by atoms with Crippen molar-refractivity contribution in [3.8, 4) is 5.75 Å². The standard InChI is InChI=1S/C21H23BrClN3O3/c22-17-5-3-4-16(14-17)21(28)24-15-20(27)26-10-8-25(9-11-26)12-13-29-19-7-2-1-6-18(19)23/h1-7,14H,8-13,15H2,(H,24,28). The lowest BCUT2D eigenvalue weighted by Crippen LogP contribution is -2.51. The number of para-hydroxylation sites is 1. The third-order valence-electron chi connectivity index (χ3n) is 4.71. The number of halogens is 2. The zero-order valence-corrected chi connectivity index (χ0v) is 18.3. The summed E-state index contributed by atoms with van der Waals surface area (Å²) in [4.78, 5) is 28.6. The van der Waals surface area contributed by atoms with Crippen LogP contribution in [-0.4, -0.2) is 67.5 Å². The van der Waals surface area contributed by atoms with Crippen molar-refractivity contribution in [2.24, 2.45) is 0 Å². The Morgan fingerprint density at radius 1 is 1.07 bits per heavy atom. The van der Waals surface area contributed by atoms with Gasteiger partial charge in [-0.15, -0.1) is 0 Å². The molecule has 154 valence electrons. The van der Waals surface area contributed by atoms with Crippen LogP contribution in [0.25, 0.3) is 0 Å². The lowest BCUT2D eigenvalue weighted by molar-refractivity contribution is -0.131. The van der Waals surface area contributed by atoms with Crippen LogP contribution in [0.5, 0.6) is 5.75 Å². The monoisotopic (exact) mass is 479 g/mol. The first-order valence-corrected chi connectivity index (χ1v) is 10.6. The minimum atomic E-state index is -0.255. The fourth-order valence-electron chi connectivity index (χ4n) is 3.07. The summed E-state index contributed by atoms with van der Waals surface area (Å²) in [5, 5.41) is 3.30. The number of amides is 2. The molecule has 1 fully saturated rings. The van der Waals surface area contributed by atoms with Crippen LogP contribution in [0.3, 0.4) is 0 Å². The van der Waals surface area contributed by atoms with Crippen LogP contribution in [0.2, 0.25) is 5.02 Å². The van der Waals surface area contributed by atoms with Crippen LogP contribution in [0.4, 0.5) is 0 Å². The van der Waals surface area contributed by atoms with Crippen molar-refractivity contribution in [2.75, 3.05) is 45.9 Å². The first kappa shape index (κ1) is 21.6. The Kier molecular flexibility index (Phi) is 7.91. The average molecular weight is 481 g/mol. The number of piperazine rings is 1. The zero-order valence-electron chi connectivity index (χ0n) is 15.9. The zero-order chi connectivity index (χ0) is 20.6. The SMILES string of the molecule is O=C(NCC(=O)N1CCN(CCOc2ccccc2Cl)CC1)c1cccc(Br)c1. The summed E-state index contributed by atoms with van der Waals surface area (Å²) in [7, 11) is 0. The van der Waals surface area contributed by atoms with Crippen LogP contribution in [0.15, 0.2) is 53.0 Å². The molecule has 0 radical (unpaired) electrons. The van der Waals surface area contributed by atoms with Gasteiger partial charge in [-0.25, -0.2) is 0 Å². The van der Waals surface area contributed by atoms with E-state index >= 15 is 0 Å². The van der Waals surface area contributed by atoms with E-state index in [0.29, 0.717) is 36.0 Å². The van der Waals surface area contributed by atoms with Crippen LogP contribution < -0.4 is 10.1 Å². The second-order valence-electron chi connectivity index (χ2n) is 6.69. The molecule has 8 heteroatoms. The highest BCUT2D eigenvalue weighted by Gasteiger charge is 2.21. The van der Waals surface area contributed by atoms with Crippen LogP contribution in [0, 0.1) is 0 Å². The average Bonchev–Trinajstić information content (AvgIpc) is 2.73. The van der Waals surface area contributed by atoms with E-state index in [-0.39, 0.29) is 18.4 Å². The van der Waals surface area contributed by atoms with E-state index in [1.807, 2.05) is 24.3 Å². The first-order chi connectivity index (χ1) is 14.0. The molecule has 0 atom stereocenters. The molecule has 0 unspecified atom stereocenters. The number of rotatable bonds is 7. The molecule has 6 nitrogen and oxygen atoms in total. The molecule has 3 rings (SSSR count). The minimum absolute atomic E-state index is 0.000956. The minimum Gasteiger partial charge on any atom is -0.491 e. The van der Waals surface area contributed by atoms with Crippen molar-refractivity contribution in [2.45, 2.75) is 0 Å². The third kappa shape index (κ3) is 6.45. The predicted molar refractivity (Wildman–Crippen MR) is 116 cm³/mol. The Hall–Kier alpha value is -2.09. The number of hydrogen-bond donors (Lipinski definition) is 1. The second-order valence-corrected chi connectivity index (χ2v) is 8.02. The van der Waals surface area contributed by atoms with Gasteiger partial charge >= 0.3 is 0 Å². The Balaban J connectivity index is 1.36. The van der Waals surface area contributed by atoms with Crippen molar-refractivity contribution in [3.63, 3.8) is 0 Å². The highest BCUT2D eigenvalue weighted by atomic mass is 79.9. The Morgan fingerprint density at radius 3 is 2.55 bits per heavy atom. The van der Waals surface area contributed by atoms with Crippen molar-refractivity contribution in [3.05, 3.63) is 63.6 Å². The van der Waals surface area contributed by atoms with Gasteiger partial charge in [0.2, 0.25) is 5.91 Å². The Bertz CT molecular complexity index is 857. The van der Waals surface area contributed by atoms with E-state index in [2.05, 4.69) is 26.1 Å². The summed E-state index contributed by atoms with van der Waals surface area (Å²) in [6.07, 6.45) is 0. The summed E-state index contributed by atoms with van der Waals surface area (Å²) in [6.45, 7) is 4.14. The molecular weight excluding hydrogens is 458 g/mol. The number of ether oxygens (including phenoxy) is 1. The third-order valence-corrected chi connectivity index (χ3v) is 5.52. The molecule has 29 heavy (non-hydrogen) atoms. The maximum Gasteiger partial charge on any atom is 0.251 e. The largest absolute Gasteiger partial charge is 0.491 e. The van der Waals surface area contributed by atoms with E-state index in [1.165, 1.54) is 0 Å². The van der Waals surface area contributed by atoms with Crippen LogP contribution in [-0.2, 0) is 4.79 Å². The molecular formula is C21H23BrClN3O3. The molecule has 1 N–H and O–H groups in total. The summed E-state index contributed by atoms with van der Waals surface area (Å²) in [5.41, 5.74) is 0.524. The van der Waals surface area contributed by atoms with Gasteiger partial charge in [-0.1, -0.05) is 45.7 Å². The van der Waals surface area contributed by atoms with Gasteiger partial charge in [-0.2, -0.15) is 0 Å². The van der Waals surface area contributed by atoms with Crippen LogP contribution in [0.1, 0.15) is 10.4 Å². The topological polar surface area (TPSA) is 61.9 Å². The lowest BCUT2D eigenvalue weighted by Gasteiger charge is -2.34. The lowest BCUT2D eigenvalue weighted by atomic mass is 10.2. The van der Waals surface area contributed by atoms with Crippen molar-refractivity contribution < 1.29 is 14.3 Å². The highest BCUT2D eigenvalue weighted by molar-refractivity contribution is 9.10. The summed E-state index contributed by atoms with van der Waals surface area (Å²) < 4.78 is 6.55. The van der Waals surface area contributed by atoms with Gasteiger partial charge in [0.25, 0.3) is 5.91 Å². The molecule has 2 aromatic carbocycles. The number of nitrogens with zero attached hydrogens (tertiary/aromatic N) is 2. The number of hydrogen-bond acceptors (Lipinski definition) is 4. The van der Waals surface area contributed by atoms with E-state index in [9.17, 15) is 9.59 Å². The Morgan fingerprint density at radius 2 is 1.83 bits per heavy atom. The Labute approximate surface area is 183 Å². The van der Waals surface area contributed by atoms with Gasteiger partial charge in [0.15, 0.2) is 0 Å². The van der Waals surface area contributed by atoms with Crippen molar-refractivity contribution in [1.29, 1.82) is 0 Å². The number of carbonyl (C=O) groups excluding carboxylic acids is 2. The maximum absolute atomic E-state index is 12.4. The summed E-state index contributed by atoms with van der Waals surface area (Å²) in [6, 6.07) is 14.5. The van der Waals surface area contributed by atoms with E-state index in [1.54, 1.807) is 29.2 Å². The molecule has 1 heterocycles. The number of nitrogens with one attached hydrogen (secondary N) is 1. The normalized spacial score (nSPS) is 14.5. The van der Waals surface area contributed by atoms with Gasteiger partial charge in [0, 0.05) is 42.8 Å². The molecule has 1 aliphatic rings. The molecule has 0 aliphatic carbocycles. The van der Waals surface area contributed by atoms with Crippen molar-refractivity contribution in [1.82, 2.24) is 15.1 Å². The van der Waals surface area contributed by atoms with E-state index in [4.69, 9.17) is 16.3 Å². The highest BCUT2D eigenvalue weighted by Crippen LogP contribution is 2.22. The quantitative estimate of drug-likeness (QED) is 0.662. The maximum atomic E-state index is 12.4. The molecule has 2 aromatic rings. The van der Waals surface area contributed by atoms with Crippen molar-refractivity contribution >= 4 is 39.3 Å². The second kappa shape index (κ2) is 10.6. The smallest absolute Gasteiger partial charge is 0.251 e. The van der Waals surface area contributed by atoms with E-state index < -0.39 is 0 Å². The molecule has 0 spiro atoms. The van der Waals surface area contributed by atoms with Gasteiger partial charge in [0.1, 0.15) is 12.4 Å². The fourth-order valence-corrected chi connectivity index (χ4v) is 3.66. The molecule has 0 aromatic heterocycles. The van der Waals surface area contributed by atoms with E-state index in [0.717, 1.165) is 24.1 Å². The van der Waals surface area contributed by atoms with Gasteiger partial charge < -0.3 is 15.0 Å². The predicted octanol–water partition coefficient (Wildman–Crippen LogP) is 3.06.